The number of nitrogens with one attached hydrogen (secondary N) is 1. The molecule has 2 N–H and O–H groups in total. The van der Waals surface area contributed by atoms with E-state index in [1.54, 1.807) is 18.0 Å². The Morgan fingerprint density at radius 3 is 2.55 bits per heavy atom. The van der Waals surface area contributed by atoms with Gasteiger partial charge in [-0.2, -0.15) is 5.10 Å². The van der Waals surface area contributed by atoms with Crippen LogP contribution in [0.5, 0.6) is 5.75 Å². The Labute approximate surface area is 185 Å². The molecule has 4 aliphatic carbocycles. The number of carboxylic acids is 1. The van der Waals surface area contributed by atoms with E-state index in [9.17, 15) is 14.7 Å². The van der Waals surface area contributed by atoms with Gasteiger partial charge in [0.2, 0.25) is 0 Å². The monoisotopic (exact) mass is 443 g/mol. The average molecular weight is 444 g/mol. The zero-order valence-corrected chi connectivity index (χ0v) is 18.2. The molecule has 164 valence electrons. The molecule has 0 radical (unpaired) electrons. The normalized spacial score (nSPS) is 30.9. The molecule has 6 rings (SSSR count). The Morgan fingerprint density at radius 2 is 1.94 bits per heavy atom. The van der Waals surface area contributed by atoms with Crippen LogP contribution in [-0.4, -0.2) is 28.0 Å². The number of carboxylic acid groups (broad SMARTS) is 1. The Kier molecular flexibility index (Phi) is 4.77. The van der Waals surface area contributed by atoms with E-state index in [4.69, 9.17) is 16.3 Å². The zero-order valence-electron chi connectivity index (χ0n) is 17.4. The van der Waals surface area contributed by atoms with E-state index >= 15 is 0 Å². The fraction of sp³-hybridized carbons (Fsp3) is 0.522. The summed E-state index contributed by atoms with van der Waals surface area (Å²) in [4.78, 5) is 24.9. The van der Waals surface area contributed by atoms with Crippen molar-refractivity contribution in [3.8, 4) is 5.75 Å². The molecule has 4 aliphatic rings. The van der Waals surface area contributed by atoms with Gasteiger partial charge in [-0.25, -0.2) is 4.68 Å². The van der Waals surface area contributed by atoms with Crippen LogP contribution in [0.25, 0.3) is 0 Å². The summed E-state index contributed by atoms with van der Waals surface area (Å²) in [5.41, 5.74) is 0.255. The maximum Gasteiger partial charge on any atom is 0.303 e. The van der Waals surface area contributed by atoms with Gasteiger partial charge in [-0.3, -0.25) is 9.59 Å². The number of methoxy groups -OCH3 is 1. The highest BCUT2D eigenvalue weighted by Gasteiger charge is 2.59. The van der Waals surface area contributed by atoms with Gasteiger partial charge in [0.25, 0.3) is 5.56 Å². The van der Waals surface area contributed by atoms with Gasteiger partial charge in [0.15, 0.2) is 0 Å². The van der Waals surface area contributed by atoms with E-state index in [1.165, 1.54) is 0 Å². The van der Waals surface area contributed by atoms with Crippen LogP contribution in [0.1, 0.15) is 44.9 Å². The fourth-order valence-electron chi connectivity index (χ4n) is 6.86. The summed E-state index contributed by atoms with van der Waals surface area (Å²) in [6.07, 6.45) is 7.22. The highest BCUT2D eigenvalue weighted by atomic mass is 35.5. The van der Waals surface area contributed by atoms with Crippen molar-refractivity contribution < 1.29 is 14.6 Å². The molecule has 2 aromatic rings. The fourth-order valence-corrected chi connectivity index (χ4v) is 7.04. The summed E-state index contributed by atoms with van der Waals surface area (Å²) in [7, 11) is 1.61. The lowest BCUT2D eigenvalue weighted by Gasteiger charge is -2.61. The van der Waals surface area contributed by atoms with E-state index in [2.05, 4.69) is 10.4 Å². The molecule has 0 unspecified atom stereocenters. The van der Waals surface area contributed by atoms with Gasteiger partial charge in [-0.1, -0.05) is 11.6 Å². The summed E-state index contributed by atoms with van der Waals surface area (Å²) < 4.78 is 6.74. The summed E-state index contributed by atoms with van der Waals surface area (Å²) in [6.45, 7) is 0. The molecule has 1 aromatic heterocycles. The van der Waals surface area contributed by atoms with Crippen molar-refractivity contribution in [2.75, 3.05) is 12.4 Å². The number of benzene rings is 1. The van der Waals surface area contributed by atoms with Gasteiger partial charge in [-0.05, 0) is 80.0 Å². The maximum atomic E-state index is 13.3. The first kappa shape index (κ1) is 20.4. The number of hydrogen-bond donors (Lipinski definition) is 2. The molecule has 0 saturated heterocycles. The highest BCUT2D eigenvalue weighted by molar-refractivity contribution is 6.33. The molecule has 0 spiro atoms. The van der Waals surface area contributed by atoms with Crippen LogP contribution < -0.4 is 15.6 Å². The number of aliphatic carboxylic acids is 1. The molecule has 1 heterocycles. The van der Waals surface area contributed by atoms with Crippen LogP contribution in [0.15, 0.2) is 35.3 Å². The molecule has 4 fully saturated rings. The number of aromatic nitrogens is 2. The number of halogens is 1. The van der Waals surface area contributed by atoms with Crippen LogP contribution in [0.2, 0.25) is 5.02 Å². The van der Waals surface area contributed by atoms with Crippen LogP contribution in [-0.2, 0) is 10.3 Å². The van der Waals surface area contributed by atoms with Crippen molar-refractivity contribution in [2.45, 2.75) is 50.5 Å². The van der Waals surface area contributed by atoms with Crippen molar-refractivity contribution in [3.63, 3.8) is 0 Å². The zero-order chi connectivity index (χ0) is 21.8. The number of anilines is 2. The second-order valence-electron chi connectivity index (χ2n) is 9.70. The topological polar surface area (TPSA) is 93.4 Å². The van der Waals surface area contributed by atoms with Crippen molar-refractivity contribution >= 4 is 28.9 Å². The lowest BCUT2D eigenvalue weighted by Crippen LogP contribution is -2.59. The third-order valence-corrected chi connectivity index (χ3v) is 7.78. The minimum atomic E-state index is -0.755. The maximum absolute atomic E-state index is 13.3. The Bertz CT molecular complexity index is 1070. The SMILES string of the molecule is COc1ccc(Nc2cnn(C34C[C@H]5C[C@@H](CC(CC(=O)O)(C5)C3)C4)c(=O)c2Cl)cc1. The van der Waals surface area contributed by atoms with E-state index in [1.807, 2.05) is 24.3 Å². The largest absolute Gasteiger partial charge is 0.497 e. The Balaban J connectivity index is 1.47. The van der Waals surface area contributed by atoms with Gasteiger partial charge >= 0.3 is 5.97 Å². The average Bonchev–Trinajstić information content (AvgIpc) is 2.70. The Hall–Kier alpha value is -2.54. The lowest BCUT2D eigenvalue weighted by molar-refractivity contribution is -0.151. The minimum absolute atomic E-state index is 0.105. The second kappa shape index (κ2) is 7.26. The van der Waals surface area contributed by atoms with Crippen LogP contribution in [0, 0.1) is 17.3 Å². The molecule has 4 bridgehead atoms. The first-order valence-corrected chi connectivity index (χ1v) is 11.1. The summed E-state index contributed by atoms with van der Waals surface area (Å²) >= 11 is 6.51. The first-order valence-electron chi connectivity index (χ1n) is 10.7. The summed E-state index contributed by atoms with van der Waals surface area (Å²) in [5, 5.41) is 17.3. The van der Waals surface area contributed by atoms with E-state index < -0.39 is 11.5 Å². The molecule has 0 aliphatic heterocycles. The van der Waals surface area contributed by atoms with Crippen molar-refractivity contribution in [1.29, 1.82) is 0 Å². The molecule has 2 atom stereocenters. The third-order valence-electron chi connectivity index (χ3n) is 7.41. The van der Waals surface area contributed by atoms with Crippen LogP contribution in [0.3, 0.4) is 0 Å². The highest BCUT2D eigenvalue weighted by Crippen LogP contribution is 2.65. The molecule has 8 heteroatoms. The van der Waals surface area contributed by atoms with Crippen molar-refractivity contribution in [3.05, 3.63) is 45.8 Å². The number of hydrogen-bond acceptors (Lipinski definition) is 5. The summed E-state index contributed by atoms with van der Waals surface area (Å²) in [6, 6.07) is 7.33. The molecular formula is C23H26ClN3O4. The molecule has 31 heavy (non-hydrogen) atoms. The predicted octanol–water partition coefficient (Wildman–Crippen LogP) is 4.42. The van der Waals surface area contributed by atoms with Gasteiger partial charge in [-0.15, -0.1) is 0 Å². The van der Waals surface area contributed by atoms with E-state index in [0.29, 0.717) is 23.9 Å². The van der Waals surface area contributed by atoms with Crippen LogP contribution >= 0.6 is 11.6 Å². The number of ether oxygens (including phenoxy) is 1. The van der Waals surface area contributed by atoms with Gasteiger partial charge in [0, 0.05) is 5.69 Å². The van der Waals surface area contributed by atoms with Crippen LogP contribution in [0.4, 0.5) is 11.4 Å². The van der Waals surface area contributed by atoms with Gasteiger partial charge < -0.3 is 15.2 Å². The third kappa shape index (κ3) is 3.49. The molecule has 4 saturated carbocycles. The van der Waals surface area contributed by atoms with Crippen molar-refractivity contribution in [1.82, 2.24) is 9.78 Å². The number of nitrogens with zero attached hydrogens (tertiary/aromatic N) is 2. The molecule has 1 aromatic carbocycles. The molecule has 0 amide bonds. The second-order valence-corrected chi connectivity index (χ2v) is 10.1. The quantitative estimate of drug-likeness (QED) is 0.686. The van der Waals surface area contributed by atoms with E-state index in [0.717, 1.165) is 43.5 Å². The predicted molar refractivity (Wildman–Crippen MR) is 117 cm³/mol. The number of rotatable bonds is 6. The first-order chi connectivity index (χ1) is 14.8. The summed E-state index contributed by atoms with van der Waals surface area (Å²) in [5.74, 6) is 0.882. The molecule has 7 nitrogen and oxygen atoms in total. The minimum Gasteiger partial charge on any atom is -0.497 e. The lowest BCUT2D eigenvalue weighted by atomic mass is 9.46. The number of carbonyl (C=O) groups is 1. The van der Waals surface area contributed by atoms with Gasteiger partial charge in [0.05, 0.1) is 31.0 Å². The standard InChI is InChI=1S/C23H26ClN3O4/c1-31-17-4-2-16(3-5-17)26-18-12-25-27(21(30)20(18)24)23-9-14-6-15(10-23)8-22(7-14,13-23)11-19(28)29/h2-5,12,14-15,26H,6-11,13H2,1H3,(H,28,29)/t14-,15-,22?,23?/m0/s1. The molecular weight excluding hydrogens is 418 g/mol. The van der Waals surface area contributed by atoms with Crippen molar-refractivity contribution in [2.24, 2.45) is 17.3 Å². The Morgan fingerprint density at radius 1 is 1.26 bits per heavy atom. The van der Waals surface area contributed by atoms with Gasteiger partial charge in [0.1, 0.15) is 10.8 Å². The van der Waals surface area contributed by atoms with E-state index in [-0.39, 0.29) is 22.4 Å². The smallest absolute Gasteiger partial charge is 0.303 e.